The van der Waals surface area contributed by atoms with Gasteiger partial charge in [-0.05, 0) is 37.2 Å². The number of benzene rings is 1. The number of aryl methyl sites for hydroxylation is 1. The third-order valence-electron chi connectivity index (χ3n) is 2.11. The fourth-order valence-corrected chi connectivity index (χ4v) is 2.55. The van der Waals surface area contributed by atoms with Gasteiger partial charge in [0.05, 0.1) is 0 Å². The summed E-state index contributed by atoms with van der Waals surface area (Å²) in [6.45, 7) is 9.86. The zero-order valence-corrected chi connectivity index (χ0v) is 11.2. The van der Waals surface area contributed by atoms with Gasteiger partial charge in [0.2, 0.25) is 0 Å². The molecule has 1 rings (SSSR count). The Kier molecular flexibility index (Phi) is 4.23. The van der Waals surface area contributed by atoms with Crippen LogP contribution in [0.5, 0.6) is 0 Å². The standard InChI is InChI=1S/C13H21NS/c1-10-8-12(15-13(2,3)4)7-6-11(10)9-14-5/h6-8,14H,9H2,1-5H3. The lowest BCUT2D eigenvalue weighted by molar-refractivity contribution is 0.800. The van der Waals surface area contributed by atoms with E-state index in [2.05, 4.69) is 51.2 Å². The van der Waals surface area contributed by atoms with Gasteiger partial charge in [0.15, 0.2) is 0 Å². The van der Waals surface area contributed by atoms with E-state index in [-0.39, 0.29) is 4.75 Å². The van der Waals surface area contributed by atoms with Crippen molar-refractivity contribution in [3.63, 3.8) is 0 Å². The van der Waals surface area contributed by atoms with Crippen LogP contribution in [0, 0.1) is 6.92 Å². The molecule has 0 saturated carbocycles. The first-order valence-electron chi connectivity index (χ1n) is 5.35. The van der Waals surface area contributed by atoms with Gasteiger partial charge in [-0.3, -0.25) is 0 Å². The van der Waals surface area contributed by atoms with Crippen LogP contribution in [-0.4, -0.2) is 11.8 Å². The normalized spacial score (nSPS) is 11.8. The zero-order valence-electron chi connectivity index (χ0n) is 10.3. The molecular weight excluding hydrogens is 202 g/mol. The van der Waals surface area contributed by atoms with Gasteiger partial charge >= 0.3 is 0 Å². The van der Waals surface area contributed by atoms with Crippen LogP contribution in [0.4, 0.5) is 0 Å². The molecule has 2 heteroatoms. The van der Waals surface area contributed by atoms with E-state index >= 15 is 0 Å². The molecule has 0 amide bonds. The lowest BCUT2D eigenvalue weighted by atomic mass is 10.1. The van der Waals surface area contributed by atoms with Gasteiger partial charge in [0.25, 0.3) is 0 Å². The van der Waals surface area contributed by atoms with Crippen molar-refractivity contribution in [3.8, 4) is 0 Å². The van der Waals surface area contributed by atoms with Crippen molar-refractivity contribution in [2.45, 2.75) is 43.9 Å². The van der Waals surface area contributed by atoms with Crippen LogP contribution in [0.25, 0.3) is 0 Å². The fourth-order valence-electron chi connectivity index (χ4n) is 1.47. The molecule has 0 aliphatic carbocycles. The molecule has 0 aromatic heterocycles. The van der Waals surface area contributed by atoms with E-state index in [1.54, 1.807) is 0 Å². The quantitative estimate of drug-likeness (QED) is 0.786. The van der Waals surface area contributed by atoms with Crippen molar-refractivity contribution in [1.82, 2.24) is 5.32 Å². The van der Waals surface area contributed by atoms with E-state index in [0.717, 1.165) is 6.54 Å². The maximum Gasteiger partial charge on any atom is 0.0205 e. The van der Waals surface area contributed by atoms with Gasteiger partial charge in [0, 0.05) is 16.2 Å². The van der Waals surface area contributed by atoms with Crippen molar-refractivity contribution >= 4 is 11.8 Å². The van der Waals surface area contributed by atoms with E-state index in [1.165, 1.54) is 16.0 Å². The molecule has 0 bridgehead atoms. The Balaban J connectivity index is 2.82. The second-order valence-corrected chi connectivity index (χ2v) is 6.73. The number of thioether (sulfide) groups is 1. The van der Waals surface area contributed by atoms with Crippen LogP contribution in [0.15, 0.2) is 23.1 Å². The SMILES string of the molecule is CNCc1ccc(SC(C)(C)C)cc1C. The number of nitrogens with one attached hydrogen (secondary N) is 1. The van der Waals surface area contributed by atoms with Crippen molar-refractivity contribution in [3.05, 3.63) is 29.3 Å². The molecular formula is C13H21NS. The molecule has 0 unspecified atom stereocenters. The minimum atomic E-state index is 0.289. The van der Waals surface area contributed by atoms with E-state index < -0.39 is 0 Å². The highest BCUT2D eigenvalue weighted by Crippen LogP contribution is 2.32. The van der Waals surface area contributed by atoms with Crippen molar-refractivity contribution in [2.24, 2.45) is 0 Å². The first-order chi connectivity index (χ1) is 6.92. The largest absolute Gasteiger partial charge is 0.316 e. The summed E-state index contributed by atoms with van der Waals surface area (Å²) in [4.78, 5) is 1.36. The molecule has 0 aliphatic heterocycles. The first kappa shape index (κ1) is 12.6. The highest BCUT2D eigenvalue weighted by atomic mass is 32.2. The third-order valence-corrected chi connectivity index (χ3v) is 3.21. The van der Waals surface area contributed by atoms with Crippen LogP contribution >= 0.6 is 11.8 Å². The molecule has 1 aromatic rings. The summed E-state index contributed by atoms with van der Waals surface area (Å²) >= 11 is 1.92. The van der Waals surface area contributed by atoms with Crippen LogP contribution in [0.1, 0.15) is 31.9 Å². The topological polar surface area (TPSA) is 12.0 Å². The molecule has 0 atom stereocenters. The molecule has 0 radical (unpaired) electrons. The number of rotatable bonds is 3. The highest BCUT2D eigenvalue weighted by Gasteiger charge is 2.12. The van der Waals surface area contributed by atoms with Gasteiger partial charge in [-0.25, -0.2) is 0 Å². The van der Waals surface area contributed by atoms with Crippen LogP contribution in [0.3, 0.4) is 0 Å². The average Bonchev–Trinajstić information content (AvgIpc) is 2.07. The molecule has 1 aromatic carbocycles. The molecule has 0 saturated heterocycles. The summed E-state index contributed by atoms with van der Waals surface area (Å²) < 4.78 is 0.289. The molecule has 84 valence electrons. The number of hydrogen-bond donors (Lipinski definition) is 1. The molecule has 0 spiro atoms. The van der Waals surface area contributed by atoms with Gasteiger partial charge in [0.1, 0.15) is 0 Å². The predicted molar refractivity (Wildman–Crippen MR) is 69.6 cm³/mol. The highest BCUT2D eigenvalue weighted by molar-refractivity contribution is 8.00. The summed E-state index contributed by atoms with van der Waals surface area (Å²) in [5.41, 5.74) is 2.76. The Morgan fingerprint density at radius 1 is 1.27 bits per heavy atom. The second kappa shape index (κ2) is 5.04. The van der Waals surface area contributed by atoms with E-state index in [9.17, 15) is 0 Å². The lowest BCUT2D eigenvalue weighted by Crippen LogP contribution is -2.08. The molecule has 0 fully saturated rings. The summed E-state index contributed by atoms with van der Waals surface area (Å²) in [5, 5.41) is 3.19. The van der Waals surface area contributed by atoms with Crippen LogP contribution in [-0.2, 0) is 6.54 Å². The smallest absolute Gasteiger partial charge is 0.0205 e. The molecule has 0 aliphatic rings. The Morgan fingerprint density at radius 3 is 2.40 bits per heavy atom. The Morgan fingerprint density at radius 2 is 1.93 bits per heavy atom. The molecule has 0 heterocycles. The molecule has 1 nitrogen and oxygen atoms in total. The van der Waals surface area contributed by atoms with Crippen molar-refractivity contribution in [2.75, 3.05) is 7.05 Å². The third kappa shape index (κ3) is 4.27. The average molecular weight is 223 g/mol. The number of hydrogen-bond acceptors (Lipinski definition) is 2. The summed E-state index contributed by atoms with van der Waals surface area (Å²) in [6.07, 6.45) is 0. The van der Waals surface area contributed by atoms with Gasteiger partial charge < -0.3 is 5.32 Å². The Bertz CT molecular complexity index is 326. The lowest BCUT2D eigenvalue weighted by Gasteiger charge is -2.18. The van der Waals surface area contributed by atoms with E-state index in [4.69, 9.17) is 0 Å². The maximum atomic E-state index is 3.19. The Labute approximate surface area is 97.7 Å². The summed E-state index contributed by atoms with van der Waals surface area (Å²) in [5.74, 6) is 0. The van der Waals surface area contributed by atoms with Crippen LogP contribution in [0.2, 0.25) is 0 Å². The zero-order chi connectivity index (χ0) is 11.5. The maximum absolute atomic E-state index is 3.19. The van der Waals surface area contributed by atoms with Gasteiger partial charge in [-0.2, -0.15) is 0 Å². The van der Waals surface area contributed by atoms with Gasteiger partial charge in [-0.15, -0.1) is 11.8 Å². The first-order valence-corrected chi connectivity index (χ1v) is 6.17. The van der Waals surface area contributed by atoms with Gasteiger partial charge in [-0.1, -0.05) is 26.8 Å². The van der Waals surface area contributed by atoms with Crippen LogP contribution < -0.4 is 5.32 Å². The van der Waals surface area contributed by atoms with E-state index in [0.29, 0.717) is 0 Å². The monoisotopic (exact) mass is 223 g/mol. The molecule has 1 N–H and O–H groups in total. The fraction of sp³-hybridized carbons (Fsp3) is 0.538. The molecule has 15 heavy (non-hydrogen) atoms. The second-order valence-electron chi connectivity index (χ2n) is 4.83. The summed E-state index contributed by atoms with van der Waals surface area (Å²) in [7, 11) is 1.98. The van der Waals surface area contributed by atoms with E-state index in [1.807, 2.05) is 18.8 Å². The predicted octanol–water partition coefficient (Wildman–Crippen LogP) is 3.61. The Hall–Kier alpha value is -0.470. The summed E-state index contributed by atoms with van der Waals surface area (Å²) in [6, 6.07) is 6.72. The van der Waals surface area contributed by atoms with Crippen molar-refractivity contribution in [1.29, 1.82) is 0 Å². The minimum Gasteiger partial charge on any atom is -0.316 e. The van der Waals surface area contributed by atoms with Crippen molar-refractivity contribution < 1.29 is 0 Å². The minimum absolute atomic E-state index is 0.289.